The van der Waals surface area contributed by atoms with Crippen LogP contribution in [0.3, 0.4) is 0 Å². The van der Waals surface area contributed by atoms with Gasteiger partial charge in [0.1, 0.15) is 0 Å². The predicted octanol–water partition coefficient (Wildman–Crippen LogP) is 11.8. The van der Waals surface area contributed by atoms with Crippen LogP contribution in [0.4, 0.5) is 17.1 Å². The first-order valence-corrected chi connectivity index (χ1v) is 19.5. The van der Waals surface area contributed by atoms with Crippen molar-refractivity contribution >= 4 is 17.1 Å². The highest BCUT2D eigenvalue weighted by atomic mass is 15.1. The molecule has 2 heteroatoms. The van der Waals surface area contributed by atoms with E-state index in [0.29, 0.717) is 17.4 Å². The summed E-state index contributed by atoms with van der Waals surface area (Å²) in [5, 5.41) is 10.1. The Morgan fingerprint density at radius 3 is 2.20 bits per heavy atom. The smallest absolute Gasteiger partial charge is 0.0992 e. The van der Waals surface area contributed by atoms with E-state index in [2.05, 4.69) is 114 Å². The van der Waals surface area contributed by atoms with Crippen LogP contribution in [-0.4, -0.2) is 0 Å². The minimum Gasteiger partial charge on any atom is -0.310 e. The molecule has 5 aromatic rings. The van der Waals surface area contributed by atoms with Gasteiger partial charge in [0, 0.05) is 27.8 Å². The van der Waals surface area contributed by atoms with E-state index in [1.807, 2.05) is 6.07 Å². The number of nitriles is 1. The summed E-state index contributed by atoms with van der Waals surface area (Å²) in [4.78, 5) is 2.53. The van der Waals surface area contributed by atoms with Crippen molar-refractivity contribution in [1.29, 1.82) is 5.26 Å². The Morgan fingerprint density at radius 1 is 0.580 bits per heavy atom. The van der Waals surface area contributed by atoms with E-state index in [4.69, 9.17) is 0 Å². The lowest BCUT2D eigenvalue weighted by atomic mass is 9.51. The molecule has 7 aliphatic carbocycles. The van der Waals surface area contributed by atoms with Gasteiger partial charge in [-0.15, -0.1) is 0 Å². The van der Waals surface area contributed by atoms with Gasteiger partial charge < -0.3 is 4.90 Å². The molecule has 244 valence electrons. The van der Waals surface area contributed by atoms with Crippen molar-refractivity contribution in [1.82, 2.24) is 0 Å². The average molecular weight is 647 g/mol. The Labute approximate surface area is 295 Å². The predicted molar refractivity (Wildman–Crippen MR) is 201 cm³/mol. The van der Waals surface area contributed by atoms with Crippen molar-refractivity contribution in [3.05, 3.63) is 137 Å². The minimum atomic E-state index is 0.112. The van der Waals surface area contributed by atoms with Gasteiger partial charge >= 0.3 is 0 Å². The summed E-state index contributed by atoms with van der Waals surface area (Å²) in [6.45, 7) is 0. The minimum absolute atomic E-state index is 0.112. The van der Waals surface area contributed by atoms with Crippen LogP contribution in [0.15, 0.2) is 109 Å². The highest BCUT2D eigenvalue weighted by molar-refractivity contribution is 5.96. The van der Waals surface area contributed by atoms with E-state index in [1.54, 1.807) is 16.7 Å². The second-order valence-electron chi connectivity index (χ2n) is 17.2. The van der Waals surface area contributed by atoms with E-state index >= 15 is 0 Å². The van der Waals surface area contributed by atoms with Crippen LogP contribution in [-0.2, 0) is 10.8 Å². The lowest BCUT2D eigenvalue weighted by molar-refractivity contribution is 0.0768. The fraction of sp³-hybridized carbons (Fsp3) is 0.354. The molecule has 5 fully saturated rings. The summed E-state index contributed by atoms with van der Waals surface area (Å²) in [5.41, 5.74) is 16.5. The fourth-order valence-corrected chi connectivity index (χ4v) is 14.0. The van der Waals surface area contributed by atoms with Gasteiger partial charge in [0.2, 0.25) is 0 Å². The van der Waals surface area contributed by atoms with Gasteiger partial charge in [0.05, 0.1) is 17.3 Å². The molecule has 0 radical (unpaired) electrons. The highest BCUT2D eigenvalue weighted by Crippen LogP contribution is 2.72. The molecule has 0 aromatic heterocycles. The van der Waals surface area contributed by atoms with Crippen molar-refractivity contribution in [2.75, 3.05) is 4.90 Å². The Kier molecular flexibility index (Phi) is 5.51. The maximum absolute atomic E-state index is 10.1. The zero-order chi connectivity index (χ0) is 32.8. The first kappa shape index (κ1) is 28.1. The van der Waals surface area contributed by atoms with Gasteiger partial charge in [0.25, 0.3) is 0 Å². The monoisotopic (exact) mass is 646 g/mol. The molecular formula is C48H42N2. The van der Waals surface area contributed by atoms with E-state index in [1.165, 1.54) is 97.0 Å². The van der Waals surface area contributed by atoms with Crippen LogP contribution < -0.4 is 4.90 Å². The van der Waals surface area contributed by atoms with Gasteiger partial charge in [-0.3, -0.25) is 0 Å². The summed E-state index contributed by atoms with van der Waals surface area (Å²) in [7, 11) is 0. The average Bonchev–Trinajstić information content (AvgIpc) is 3.95. The van der Waals surface area contributed by atoms with Crippen molar-refractivity contribution in [2.24, 2.45) is 35.5 Å². The largest absolute Gasteiger partial charge is 0.310 e. The Morgan fingerprint density at radius 2 is 1.34 bits per heavy atom. The maximum atomic E-state index is 10.1. The Balaban J connectivity index is 1.11. The summed E-state index contributed by atoms with van der Waals surface area (Å²) in [5.74, 6) is 4.77. The van der Waals surface area contributed by atoms with Gasteiger partial charge in [-0.05, 0) is 162 Å². The first-order valence-electron chi connectivity index (χ1n) is 19.5. The van der Waals surface area contributed by atoms with E-state index < -0.39 is 0 Å². The van der Waals surface area contributed by atoms with Crippen LogP contribution in [0.5, 0.6) is 0 Å². The zero-order valence-corrected chi connectivity index (χ0v) is 28.6. The number of fused-ring (bicyclic) bond motifs is 12. The van der Waals surface area contributed by atoms with Gasteiger partial charge in [-0.1, -0.05) is 79.2 Å². The molecule has 50 heavy (non-hydrogen) atoms. The number of hydrogen-bond acceptors (Lipinski definition) is 2. The molecular weight excluding hydrogens is 605 g/mol. The SMILES string of the molecule is N#Cc1cccc(N(c2ccc3c(c2)C2(CC4CCC2C4)c2ccccc2-3)c2cccc3c2-c2ccccc2[C@@]32[C@H]3CC[C@H]4CC(C3)C[C@@H]42)c1. The third-order valence-electron chi connectivity index (χ3n) is 15.4. The van der Waals surface area contributed by atoms with E-state index in [0.717, 1.165) is 29.4 Å². The molecule has 0 aliphatic heterocycles. The fourth-order valence-electron chi connectivity index (χ4n) is 14.0. The molecule has 0 heterocycles. The third kappa shape index (κ3) is 3.31. The van der Waals surface area contributed by atoms with Crippen molar-refractivity contribution < 1.29 is 0 Å². The Hall–Kier alpha value is -4.61. The van der Waals surface area contributed by atoms with Crippen LogP contribution in [0, 0.1) is 46.8 Å². The molecule has 5 bridgehead atoms. The summed E-state index contributed by atoms with van der Waals surface area (Å²) < 4.78 is 0. The summed E-state index contributed by atoms with van der Waals surface area (Å²) in [6.07, 6.45) is 12.4. The zero-order valence-electron chi connectivity index (χ0n) is 28.6. The maximum Gasteiger partial charge on any atom is 0.0992 e. The molecule has 2 nitrogen and oxygen atoms in total. The molecule has 0 N–H and O–H groups in total. The third-order valence-corrected chi connectivity index (χ3v) is 15.4. The summed E-state index contributed by atoms with van der Waals surface area (Å²) in [6, 6.07) is 44.2. The molecule has 4 unspecified atom stereocenters. The van der Waals surface area contributed by atoms with Crippen molar-refractivity contribution in [2.45, 2.75) is 68.6 Å². The number of rotatable bonds is 3. The molecule has 5 saturated carbocycles. The highest BCUT2D eigenvalue weighted by Gasteiger charge is 2.63. The lowest BCUT2D eigenvalue weighted by Gasteiger charge is -2.52. The topological polar surface area (TPSA) is 27.0 Å². The number of hydrogen-bond donors (Lipinski definition) is 0. The molecule has 8 atom stereocenters. The number of nitrogens with zero attached hydrogens (tertiary/aromatic N) is 2. The molecule has 2 spiro atoms. The normalized spacial score (nSPS) is 32.6. The summed E-state index contributed by atoms with van der Waals surface area (Å²) >= 11 is 0. The number of anilines is 3. The van der Waals surface area contributed by atoms with Gasteiger partial charge in [-0.25, -0.2) is 0 Å². The molecule has 12 rings (SSSR count). The molecule has 7 aliphatic rings. The second kappa shape index (κ2) is 9.79. The van der Waals surface area contributed by atoms with Crippen LogP contribution >= 0.6 is 0 Å². The van der Waals surface area contributed by atoms with E-state index in [9.17, 15) is 5.26 Å². The van der Waals surface area contributed by atoms with Gasteiger partial charge in [-0.2, -0.15) is 5.26 Å². The number of benzene rings is 5. The molecule has 5 aromatic carbocycles. The quantitative estimate of drug-likeness (QED) is 0.195. The Bertz CT molecular complexity index is 2310. The van der Waals surface area contributed by atoms with E-state index in [-0.39, 0.29) is 10.8 Å². The van der Waals surface area contributed by atoms with Crippen molar-refractivity contribution in [3.63, 3.8) is 0 Å². The van der Waals surface area contributed by atoms with Crippen LogP contribution in [0.2, 0.25) is 0 Å². The lowest BCUT2D eigenvalue weighted by Crippen LogP contribution is -2.48. The van der Waals surface area contributed by atoms with Crippen molar-refractivity contribution in [3.8, 4) is 28.3 Å². The van der Waals surface area contributed by atoms with Crippen LogP contribution in [0.25, 0.3) is 22.3 Å². The second-order valence-corrected chi connectivity index (χ2v) is 17.2. The molecule has 0 amide bonds. The van der Waals surface area contributed by atoms with Gasteiger partial charge in [0.15, 0.2) is 0 Å². The van der Waals surface area contributed by atoms with Crippen LogP contribution in [0.1, 0.15) is 85.6 Å². The molecule has 0 saturated heterocycles. The standard InChI is InChI=1S/C48H42N2/c49-28-30-7-5-8-35(24-30)50(36-19-20-38-37-9-1-3-11-40(37)47(44(38)26-36)27-29-15-17-33(47)22-29)45-14-6-13-42-46(45)39-10-2-4-12-41(39)48(42)34-18-16-32-21-31(23-34)25-43(32)48/h1-14,19-20,24,26,29,31-34,43H,15-18,21-23,25,27H2/t29?,31?,32-,33?,34-,43-,47?,48-/m0/s1. The first-order chi connectivity index (χ1) is 24.7.